The minimum absolute atomic E-state index is 0.143. The number of aromatic nitrogens is 3. The molecule has 6 nitrogen and oxygen atoms in total. The highest BCUT2D eigenvalue weighted by Crippen LogP contribution is 2.32. The molecule has 2 aromatic heterocycles. The summed E-state index contributed by atoms with van der Waals surface area (Å²) in [5.74, 6) is 1.80. The molecule has 5 rings (SSSR count). The minimum atomic E-state index is 0.143. The minimum Gasteiger partial charge on any atom is -0.487 e. The van der Waals surface area contributed by atoms with Gasteiger partial charge in [-0.05, 0) is 23.8 Å². The van der Waals surface area contributed by atoms with Crippen molar-refractivity contribution in [1.82, 2.24) is 20.0 Å². The molecule has 0 atom stereocenters. The van der Waals surface area contributed by atoms with Crippen molar-refractivity contribution < 1.29 is 9.26 Å². The van der Waals surface area contributed by atoms with Gasteiger partial charge < -0.3 is 9.26 Å². The van der Waals surface area contributed by atoms with Crippen LogP contribution in [0.5, 0.6) is 5.75 Å². The number of hydrogen-bond acceptors (Lipinski definition) is 6. The zero-order valence-electron chi connectivity index (χ0n) is 15.8. The molecule has 0 spiro atoms. The summed E-state index contributed by atoms with van der Waals surface area (Å²) in [5, 5.41) is 4.12. The fourth-order valence-electron chi connectivity index (χ4n) is 3.44. The van der Waals surface area contributed by atoms with Crippen LogP contribution in [0.3, 0.4) is 0 Å². The van der Waals surface area contributed by atoms with Gasteiger partial charge in [-0.3, -0.25) is 9.88 Å². The fraction of sp³-hybridized carbons (Fsp3) is 0.174. The normalized spacial score (nSPS) is 14.5. The Bertz CT molecular complexity index is 1080. The first-order valence-corrected chi connectivity index (χ1v) is 9.61. The molecule has 144 valence electrons. The van der Waals surface area contributed by atoms with Crippen molar-refractivity contribution in [2.45, 2.75) is 12.6 Å². The number of ether oxygens (including phenoxy) is 1. The molecule has 0 unspecified atom stereocenters. The van der Waals surface area contributed by atoms with Gasteiger partial charge in [-0.25, -0.2) is 0 Å². The average molecular weight is 384 g/mol. The van der Waals surface area contributed by atoms with E-state index in [1.54, 1.807) is 6.20 Å². The molecule has 3 heterocycles. The van der Waals surface area contributed by atoms with Crippen LogP contribution in [-0.4, -0.2) is 39.2 Å². The summed E-state index contributed by atoms with van der Waals surface area (Å²) in [5.41, 5.74) is 2.95. The maximum Gasteiger partial charge on any atom is 0.262 e. The molecule has 1 fully saturated rings. The van der Waals surface area contributed by atoms with Crippen LogP contribution in [0.1, 0.15) is 5.56 Å². The molecule has 0 aliphatic carbocycles. The third-order valence-electron chi connectivity index (χ3n) is 4.92. The van der Waals surface area contributed by atoms with Crippen LogP contribution >= 0.6 is 0 Å². The summed E-state index contributed by atoms with van der Waals surface area (Å²) >= 11 is 0. The first-order valence-electron chi connectivity index (χ1n) is 9.61. The van der Waals surface area contributed by atoms with Crippen LogP contribution in [-0.2, 0) is 6.54 Å². The Labute approximate surface area is 168 Å². The second-order valence-corrected chi connectivity index (χ2v) is 7.08. The Morgan fingerprint density at radius 2 is 1.79 bits per heavy atom. The van der Waals surface area contributed by atoms with E-state index in [2.05, 4.69) is 26.1 Å². The van der Waals surface area contributed by atoms with E-state index in [1.807, 2.05) is 66.9 Å². The third kappa shape index (κ3) is 3.88. The van der Waals surface area contributed by atoms with E-state index in [4.69, 9.17) is 9.26 Å². The number of pyridine rings is 1. The highest BCUT2D eigenvalue weighted by molar-refractivity contribution is 5.65. The molecule has 4 aromatic rings. The van der Waals surface area contributed by atoms with Crippen LogP contribution in [0.15, 0.2) is 83.6 Å². The van der Waals surface area contributed by atoms with Crippen molar-refractivity contribution in [2.75, 3.05) is 13.1 Å². The van der Waals surface area contributed by atoms with Crippen molar-refractivity contribution in [2.24, 2.45) is 0 Å². The Morgan fingerprint density at radius 3 is 2.62 bits per heavy atom. The van der Waals surface area contributed by atoms with E-state index in [0.717, 1.165) is 36.5 Å². The molecule has 0 radical (unpaired) electrons. The van der Waals surface area contributed by atoms with Gasteiger partial charge in [0, 0.05) is 37.6 Å². The molecular formula is C23H20N4O2. The smallest absolute Gasteiger partial charge is 0.262 e. The van der Waals surface area contributed by atoms with E-state index in [1.165, 1.54) is 5.56 Å². The van der Waals surface area contributed by atoms with Gasteiger partial charge in [0.15, 0.2) is 0 Å². The van der Waals surface area contributed by atoms with Gasteiger partial charge in [-0.2, -0.15) is 4.98 Å². The molecule has 0 saturated carbocycles. The topological polar surface area (TPSA) is 64.3 Å². The van der Waals surface area contributed by atoms with Gasteiger partial charge in [0.2, 0.25) is 5.82 Å². The number of benzene rings is 2. The molecule has 1 aliphatic rings. The lowest BCUT2D eigenvalue weighted by Crippen LogP contribution is -2.53. The highest BCUT2D eigenvalue weighted by Gasteiger charge is 2.29. The number of hydrogen-bond donors (Lipinski definition) is 0. The van der Waals surface area contributed by atoms with E-state index in [-0.39, 0.29) is 6.10 Å². The van der Waals surface area contributed by atoms with Crippen molar-refractivity contribution in [3.63, 3.8) is 0 Å². The van der Waals surface area contributed by atoms with E-state index in [0.29, 0.717) is 11.7 Å². The number of nitrogens with zero attached hydrogens (tertiary/aromatic N) is 4. The molecule has 1 aliphatic heterocycles. The van der Waals surface area contributed by atoms with Crippen LogP contribution in [0.2, 0.25) is 0 Å². The number of rotatable bonds is 6. The Balaban J connectivity index is 1.27. The molecule has 0 N–H and O–H groups in total. The fourth-order valence-corrected chi connectivity index (χ4v) is 3.44. The summed E-state index contributed by atoms with van der Waals surface area (Å²) in [6.07, 6.45) is 3.84. The van der Waals surface area contributed by atoms with Crippen molar-refractivity contribution in [3.8, 4) is 28.6 Å². The van der Waals surface area contributed by atoms with Crippen LogP contribution in [0.4, 0.5) is 0 Å². The largest absolute Gasteiger partial charge is 0.487 e. The van der Waals surface area contributed by atoms with Gasteiger partial charge in [0.05, 0.1) is 5.56 Å². The zero-order valence-corrected chi connectivity index (χ0v) is 15.8. The first kappa shape index (κ1) is 17.6. The van der Waals surface area contributed by atoms with Gasteiger partial charge in [0.1, 0.15) is 11.9 Å². The SMILES string of the molecule is c1ccc(-c2noc(-c3ccccc3OC3CN(Cc4cccnc4)C3)n2)cc1. The summed E-state index contributed by atoms with van der Waals surface area (Å²) < 4.78 is 11.8. The summed E-state index contributed by atoms with van der Waals surface area (Å²) in [4.78, 5) is 11.1. The molecule has 1 saturated heterocycles. The number of likely N-dealkylation sites (tertiary alicyclic amines) is 1. The van der Waals surface area contributed by atoms with Crippen LogP contribution in [0, 0.1) is 0 Å². The standard InChI is InChI=1S/C23H20N4O2/c1-2-8-18(9-3-1)22-25-23(29-26-22)20-10-4-5-11-21(20)28-19-15-27(16-19)14-17-7-6-12-24-13-17/h1-13,19H,14-16H2. The predicted molar refractivity (Wildman–Crippen MR) is 109 cm³/mol. The third-order valence-corrected chi connectivity index (χ3v) is 4.92. The quantitative estimate of drug-likeness (QED) is 0.499. The number of para-hydroxylation sites is 1. The van der Waals surface area contributed by atoms with Gasteiger partial charge in [-0.1, -0.05) is 53.7 Å². The summed E-state index contributed by atoms with van der Waals surface area (Å²) in [7, 11) is 0. The monoisotopic (exact) mass is 384 g/mol. The molecule has 29 heavy (non-hydrogen) atoms. The van der Waals surface area contributed by atoms with E-state index >= 15 is 0 Å². The molecule has 0 bridgehead atoms. The second-order valence-electron chi connectivity index (χ2n) is 7.08. The Morgan fingerprint density at radius 1 is 0.966 bits per heavy atom. The summed E-state index contributed by atoms with van der Waals surface area (Å²) in [6.45, 7) is 2.64. The lowest BCUT2D eigenvalue weighted by molar-refractivity contribution is 0.0148. The maximum atomic E-state index is 6.23. The Kier molecular flexibility index (Phi) is 4.76. The molecular weight excluding hydrogens is 364 g/mol. The lowest BCUT2D eigenvalue weighted by atomic mass is 10.1. The predicted octanol–water partition coefficient (Wildman–Crippen LogP) is 4.06. The first-order chi connectivity index (χ1) is 14.3. The van der Waals surface area contributed by atoms with Crippen molar-refractivity contribution in [1.29, 1.82) is 0 Å². The molecule has 6 heteroatoms. The maximum absolute atomic E-state index is 6.23. The van der Waals surface area contributed by atoms with Crippen molar-refractivity contribution >= 4 is 0 Å². The summed E-state index contributed by atoms with van der Waals surface area (Å²) in [6, 6.07) is 21.7. The van der Waals surface area contributed by atoms with Crippen LogP contribution < -0.4 is 4.74 Å². The molecule has 0 amide bonds. The van der Waals surface area contributed by atoms with Gasteiger partial charge >= 0.3 is 0 Å². The molecule has 2 aromatic carbocycles. The van der Waals surface area contributed by atoms with Gasteiger partial charge in [0.25, 0.3) is 5.89 Å². The Hall–Kier alpha value is -3.51. The lowest BCUT2D eigenvalue weighted by Gasteiger charge is -2.39. The van der Waals surface area contributed by atoms with Crippen LogP contribution in [0.25, 0.3) is 22.8 Å². The van der Waals surface area contributed by atoms with Crippen molar-refractivity contribution in [3.05, 3.63) is 84.7 Å². The second kappa shape index (κ2) is 7.85. The zero-order chi connectivity index (χ0) is 19.5. The van der Waals surface area contributed by atoms with E-state index in [9.17, 15) is 0 Å². The average Bonchev–Trinajstić information content (AvgIpc) is 3.24. The van der Waals surface area contributed by atoms with E-state index < -0.39 is 0 Å². The highest BCUT2D eigenvalue weighted by atomic mass is 16.5. The van der Waals surface area contributed by atoms with Gasteiger partial charge in [-0.15, -0.1) is 0 Å².